The van der Waals surface area contributed by atoms with Gasteiger partial charge in [0.15, 0.2) is 0 Å². The highest BCUT2D eigenvalue weighted by Gasteiger charge is 2.13. The zero-order valence-corrected chi connectivity index (χ0v) is 20.5. The lowest BCUT2D eigenvalue weighted by Crippen LogP contribution is -2.14. The lowest BCUT2D eigenvalue weighted by molar-refractivity contribution is -0.109. The van der Waals surface area contributed by atoms with Crippen LogP contribution in [-0.4, -0.2) is 30.6 Å². The number of rotatable bonds is 10. The van der Waals surface area contributed by atoms with E-state index in [2.05, 4.69) is 35.6 Å². The minimum absolute atomic E-state index is 0.000373. The third kappa shape index (κ3) is 8.20. The molecule has 0 aliphatic carbocycles. The van der Waals surface area contributed by atoms with Crippen molar-refractivity contribution in [2.75, 3.05) is 18.5 Å². The molecule has 0 unspecified atom stereocenters. The van der Waals surface area contributed by atoms with Crippen LogP contribution in [0.15, 0.2) is 66.6 Å². The van der Waals surface area contributed by atoms with Crippen molar-refractivity contribution in [1.29, 1.82) is 0 Å². The molecule has 0 atom stereocenters. The molecule has 2 amide bonds. The number of aliphatic hydroxyl groups is 1. The quantitative estimate of drug-likeness (QED) is 0.255. The number of allylic oxidation sites excluding steroid dienone is 2. The predicted molar refractivity (Wildman–Crippen MR) is 140 cm³/mol. The van der Waals surface area contributed by atoms with E-state index in [1.165, 1.54) is 22.6 Å². The normalized spacial score (nSPS) is 10.6. The Morgan fingerprint density at radius 1 is 1.23 bits per heavy atom. The molecule has 6 nitrogen and oxygen atoms in total. The largest absolute Gasteiger partial charge is 0.489 e. The van der Waals surface area contributed by atoms with Crippen LogP contribution in [0.2, 0.25) is 0 Å². The molecule has 0 aliphatic heterocycles. The first kappa shape index (κ1) is 27.5. The Balaban J connectivity index is 0.000000641. The van der Waals surface area contributed by atoms with Crippen LogP contribution in [-0.2, 0) is 11.4 Å². The summed E-state index contributed by atoms with van der Waals surface area (Å²) in [5.41, 5.74) is 3.88. The lowest BCUT2D eigenvalue weighted by atomic mass is 10.1. The summed E-state index contributed by atoms with van der Waals surface area (Å²) in [6, 6.07) is 12.9. The van der Waals surface area contributed by atoms with E-state index in [4.69, 9.17) is 9.84 Å². The highest BCUT2D eigenvalue weighted by Crippen LogP contribution is 2.31. The SMILES string of the molecule is C=Cc1c(COc2cccc(NC(=O)c3ccccc3F)c2)csc1/C(C)=C\C.O=CNCCO. The van der Waals surface area contributed by atoms with Crippen molar-refractivity contribution in [3.8, 4) is 5.75 Å². The van der Waals surface area contributed by atoms with Gasteiger partial charge in [0.1, 0.15) is 18.2 Å². The van der Waals surface area contributed by atoms with Gasteiger partial charge >= 0.3 is 0 Å². The predicted octanol–water partition coefficient (Wildman–Crippen LogP) is 5.51. The molecule has 0 saturated heterocycles. The van der Waals surface area contributed by atoms with Gasteiger partial charge in [-0.05, 0) is 54.6 Å². The van der Waals surface area contributed by atoms with Gasteiger partial charge in [-0.3, -0.25) is 9.59 Å². The minimum atomic E-state index is -0.556. The van der Waals surface area contributed by atoms with Gasteiger partial charge < -0.3 is 20.5 Å². The molecule has 35 heavy (non-hydrogen) atoms. The standard InChI is InChI=1S/C24H22FNO2S.C3H7NO2/c1-4-16(3)23-20(5-2)17(15-29-23)14-28-19-10-8-9-18(13-19)26-24(27)21-11-6-7-12-22(21)25;5-2-1-4-3-6/h4-13,15H,2,14H2,1,3H3,(H,26,27);3,5H,1-2H2,(H,4,6)/b16-4-;. The minimum Gasteiger partial charge on any atom is -0.489 e. The van der Waals surface area contributed by atoms with E-state index < -0.39 is 11.7 Å². The van der Waals surface area contributed by atoms with Crippen LogP contribution < -0.4 is 15.4 Å². The number of carbonyl (C=O) groups is 2. The second-order valence-electron chi connectivity index (χ2n) is 7.23. The van der Waals surface area contributed by atoms with Gasteiger partial charge in [0.25, 0.3) is 5.91 Å². The van der Waals surface area contributed by atoms with E-state index in [0.29, 0.717) is 31.0 Å². The highest BCUT2D eigenvalue weighted by atomic mass is 32.1. The van der Waals surface area contributed by atoms with Gasteiger partial charge in [-0.15, -0.1) is 11.3 Å². The number of anilines is 1. The second kappa shape index (κ2) is 14.5. The summed E-state index contributed by atoms with van der Waals surface area (Å²) < 4.78 is 19.7. The highest BCUT2D eigenvalue weighted by molar-refractivity contribution is 7.11. The molecule has 3 aromatic rings. The number of aliphatic hydroxyl groups excluding tert-OH is 1. The van der Waals surface area contributed by atoms with E-state index in [-0.39, 0.29) is 12.2 Å². The maximum absolute atomic E-state index is 13.8. The molecule has 8 heteroatoms. The summed E-state index contributed by atoms with van der Waals surface area (Å²) in [5.74, 6) is -0.445. The van der Waals surface area contributed by atoms with Crippen molar-refractivity contribution in [3.63, 3.8) is 0 Å². The molecule has 0 radical (unpaired) electrons. The Morgan fingerprint density at radius 2 is 2.00 bits per heavy atom. The fraction of sp³-hybridized carbons (Fsp3) is 0.185. The van der Waals surface area contributed by atoms with Crippen molar-refractivity contribution in [1.82, 2.24) is 5.32 Å². The molecule has 3 rings (SSSR count). The second-order valence-corrected chi connectivity index (χ2v) is 8.11. The zero-order chi connectivity index (χ0) is 25.6. The summed E-state index contributed by atoms with van der Waals surface area (Å²) in [6.07, 6.45) is 4.48. The summed E-state index contributed by atoms with van der Waals surface area (Å²) >= 11 is 1.67. The van der Waals surface area contributed by atoms with Crippen LogP contribution >= 0.6 is 11.3 Å². The van der Waals surface area contributed by atoms with E-state index in [1.807, 2.05) is 19.1 Å². The van der Waals surface area contributed by atoms with Crippen molar-refractivity contribution in [3.05, 3.63) is 94.0 Å². The maximum atomic E-state index is 13.8. The first-order chi connectivity index (χ1) is 16.9. The fourth-order valence-electron chi connectivity index (χ4n) is 2.97. The van der Waals surface area contributed by atoms with Gasteiger partial charge in [0, 0.05) is 28.7 Å². The first-order valence-electron chi connectivity index (χ1n) is 10.9. The molecule has 3 N–H and O–H groups in total. The summed E-state index contributed by atoms with van der Waals surface area (Å²) in [6.45, 7) is 8.76. The number of ether oxygens (including phenoxy) is 1. The molecular formula is C27H29FN2O4S. The number of amides is 2. The first-order valence-corrected chi connectivity index (χ1v) is 11.8. The maximum Gasteiger partial charge on any atom is 0.258 e. The van der Waals surface area contributed by atoms with Gasteiger partial charge in [0.05, 0.1) is 12.2 Å². The molecule has 1 aromatic heterocycles. The molecule has 184 valence electrons. The Morgan fingerprint density at radius 3 is 2.63 bits per heavy atom. The topological polar surface area (TPSA) is 87.7 Å². The molecule has 1 heterocycles. The number of halogens is 1. The fourth-order valence-corrected chi connectivity index (χ4v) is 4.07. The monoisotopic (exact) mass is 496 g/mol. The average molecular weight is 497 g/mol. The number of nitrogens with one attached hydrogen (secondary N) is 2. The summed E-state index contributed by atoms with van der Waals surface area (Å²) in [4.78, 5) is 22.8. The lowest BCUT2D eigenvalue weighted by Gasteiger charge is -2.10. The smallest absolute Gasteiger partial charge is 0.258 e. The van der Waals surface area contributed by atoms with Crippen molar-refractivity contribution < 1.29 is 23.8 Å². The van der Waals surface area contributed by atoms with Crippen molar-refractivity contribution in [2.45, 2.75) is 20.5 Å². The van der Waals surface area contributed by atoms with Gasteiger partial charge in [0.2, 0.25) is 6.41 Å². The van der Waals surface area contributed by atoms with E-state index in [9.17, 15) is 14.0 Å². The van der Waals surface area contributed by atoms with Gasteiger partial charge in [-0.25, -0.2) is 4.39 Å². The number of hydrogen-bond donors (Lipinski definition) is 3. The van der Waals surface area contributed by atoms with Crippen molar-refractivity contribution in [2.24, 2.45) is 0 Å². The van der Waals surface area contributed by atoms with E-state index in [1.54, 1.807) is 41.7 Å². The zero-order valence-electron chi connectivity index (χ0n) is 19.7. The van der Waals surface area contributed by atoms with Crippen LogP contribution in [0.25, 0.3) is 11.6 Å². The van der Waals surface area contributed by atoms with Gasteiger partial charge in [-0.2, -0.15) is 0 Å². The van der Waals surface area contributed by atoms with Crippen LogP contribution in [0, 0.1) is 5.82 Å². The van der Waals surface area contributed by atoms with Crippen LogP contribution in [0.4, 0.5) is 10.1 Å². The Labute approximate surface area is 208 Å². The van der Waals surface area contributed by atoms with E-state index in [0.717, 1.165) is 11.1 Å². The molecule has 0 fully saturated rings. The summed E-state index contributed by atoms with van der Waals surface area (Å²) in [7, 11) is 0. The Kier molecular flexibility index (Phi) is 11.4. The third-order valence-corrected chi connectivity index (χ3v) is 6.03. The number of carbonyl (C=O) groups excluding carboxylic acids is 2. The Bertz CT molecular complexity index is 1170. The van der Waals surface area contributed by atoms with Crippen LogP contribution in [0.3, 0.4) is 0 Å². The summed E-state index contributed by atoms with van der Waals surface area (Å²) in [5, 5.41) is 15.0. The molecule has 0 bridgehead atoms. The molecule has 0 spiro atoms. The number of thiophene rings is 1. The van der Waals surface area contributed by atoms with Crippen LogP contribution in [0.5, 0.6) is 5.75 Å². The van der Waals surface area contributed by atoms with Crippen LogP contribution in [0.1, 0.15) is 40.2 Å². The molecule has 2 aromatic carbocycles. The molecule has 0 aliphatic rings. The Hall–Kier alpha value is -3.75. The molecular weight excluding hydrogens is 467 g/mol. The average Bonchev–Trinajstić information content (AvgIpc) is 3.29. The third-order valence-electron chi connectivity index (χ3n) is 4.85. The van der Waals surface area contributed by atoms with Crippen molar-refractivity contribution >= 4 is 41.0 Å². The number of hydrogen-bond acceptors (Lipinski definition) is 5. The van der Waals surface area contributed by atoms with Gasteiger partial charge in [-0.1, -0.05) is 36.9 Å². The molecule has 0 saturated carbocycles. The van der Waals surface area contributed by atoms with E-state index >= 15 is 0 Å². The number of benzene rings is 2.